The maximum Gasteiger partial charge on any atom is 0.410 e. The van der Waals surface area contributed by atoms with Gasteiger partial charge in [0.1, 0.15) is 18.0 Å². The molecule has 1 unspecified atom stereocenters. The molecule has 1 aromatic carbocycles. The first-order chi connectivity index (χ1) is 11.2. The molecule has 1 atom stereocenters. The van der Waals surface area contributed by atoms with Gasteiger partial charge in [-0.15, -0.1) is 0 Å². The van der Waals surface area contributed by atoms with Crippen molar-refractivity contribution < 1.29 is 19.1 Å². The van der Waals surface area contributed by atoms with Gasteiger partial charge in [-0.05, 0) is 39.0 Å². The van der Waals surface area contributed by atoms with Gasteiger partial charge in [0.25, 0.3) is 5.91 Å². The molecule has 0 saturated carbocycles. The smallest absolute Gasteiger partial charge is 0.410 e. The first-order valence-electron chi connectivity index (χ1n) is 7.96. The molecule has 0 radical (unpaired) electrons. The van der Waals surface area contributed by atoms with E-state index in [4.69, 9.17) is 9.47 Å². The van der Waals surface area contributed by atoms with Gasteiger partial charge in [-0.2, -0.15) is 0 Å². The summed E-state index contributed by atoms with van der Waals surface area (Å²) in [5, 5.41) is 0. The van der Waals surface area contributed by atoms with Crippen LogP contribution in [0.4, 0.5) is 4.79 Å². The second-order valence-electron chi connectivity index (χ2n) is 7.03. The van der Waals surface area contributed by atoms with Crippen LogP contribution in [-0.2, 0) is 4.74 Å². The first kappa shape index (κ1) is 17.1. The monoisotopic (exact) mass is 396 g/mol. The summed E-state index contributed by atoms with van der Waals surface area (Å²) in [6.07, 6.45) is -0.348. The molecular formula is C17H21BrN2O4. The van der Waals surface area contributed by atoms with Crippen LogP contribution in [0.1, 0.15) is 31.1 Å². The lowest BCUT2D eigenvalue weighted by Crippen LogP contribution is -2.58. The van der Waals surface area contributed by atoms with E-state index in [1.54, 1.807) is 21.9 Å². The molecule has 2 aliphatic rings. The molecule has 1 saturated heterocycles. The molecule has 1 aromatic rings. The van der Waals surface area contributed by atoms with E-state index in [0.29, 0.717) is 37.6 Å². The number of carbonyl (C=O) groups is 2. The highest BCUT2D eigenvalue weighted by atomic mass is 79.9. The summed E-state index contributed by atoms with van der Waals surface area (Å²) >= 11 is 3.39. The fraction of sp³-hybridized carbons (Fsp3) is 0.529. The third kappa shape index (κ3) is 3.50. The molecule has 130 valence electrons. The number of hydrogen-bond donors (Lipinski definition) is 0. The Hall–Kier alpha value is -1.76. The third-order valence-electron chi connectivity index (χ3n) is 4.00. The molecule has 0 spiro atoms. The third-order valence-corrected chi connectivity index (χ3v) is 4.49. The van der Waals surface area contributed by atoms with Crippen LogP contribution in [-0.4, -0.2) is 59.7 Å². The van der Waals surface area contributed by atoms with Gasteiger partial charge in [0.2, 0.25) is 0 Å². The zero-order chi connectivity index (χ0) is 17.5. The van der Waals surface area contributed by atoms with Crippen LogP contribution < -0.4 is 4.74 Å². The van der Waals surface area contributed by atoms with Crippen LogP contribution in [0.15, 0.2) is 22.7 Å². The van der Waals surface area contributed by atoms with Crippen molar-refractivity contribution >= 4 is 27.9 Å². The van der Waals surface area contributed by atoms with Crippen LogP contribution in [0.5, 0.6) is 5.75 Å². The van der Waals surface area contributed by atoms with E-state index in [2.05, 4.69) is 15.9 Å². The zero-order valence-electron chi connectivity index (χ0n) is 14.0. The number of piperazine rings is 1. The van der Waals surface area contributed by atoms with Crippen molar-refractivity contribution in [3.8, 4) is 5.75 Å². The summed E-state index contributed by atoms with van der Waals surface area (Å²) in [6, 6.07) is 5.23. The summed E-state index contributed by atoms with van der Waals surface area (Å²) in [7, 11) is 0. The summed E-state index contributed by atoms with van der Waals surface area (Å²) in [6.45, 7) is 7.23. The molecule has 1 fully saturated rings. The van der Waals surface area contributed by atoms with Crippen LogP contribution in [0, 0.1) is 0 Å². The number of carbonyl (C=O) groups excluding carboxylic acids is 2. The Morgan fingerprint density at radius 3 is 2.79 bits per heavy atom. The average Bonchev–Trinajstić information content (AvgIpc) is 2.63. The largest absolute Gasteiger partial charge is 0.490 e. The van der Waals surface area contributed by atoms with E-state index in [-0.39, 0.29) is 18.0 Å². The van der Waals surface area contributed by atoms with E-state index in [1.165, 1.54) is 0 Å². The fourth-order valence-electron chi connectivity index (χ4n) is 2.89. The van der Waals surface area contributed by atoms with Crippen LogP contribution in [0.2, 0.25) is 0 Å². The number of ether oxygens (including phenoxy) is 2. The quantitative estimate of drug-likeness (QED) is 0.676. The van der Waals surface area contributed by atoms with Crippen molar-refractivity contribution in [1.29, 1.82) is 0 Å². The van der Waals surface area contributed by atoms with Gasteiger partial charge in [0.15, 0.2) is 0 Å². The fourth-order valence-corrected chi connectivity index (χ4v) is 3.23. The van der Waals surface area contributed by atoms with E-state index in [0.717, 1.165) is 4.47 Å². The normalized spacial score (nSPS) is 20.7. The van der Waals surface area contributed by atoms with Crippen LogP contribution >= 0.6 is 15.9 Å². The first-order valence-corrected chi connectivity index (χ1v) is 8.75. The minimum atomic E-state index is -0.535. The second kappa shape index (κ2) is 6.27. The highest BCUT2D eigenvalue weighted by molar-refractivity contribution is 9.10. The minimum absolute atomic E-state index is 0.0520. The number of benzene rings is 1. The van der Waals surface area contributed by atoms with Gasteiger partial charge in [-0.25, -0.2) is 4.79 Å². The van der Waals surface area contributed by atoms with Gasteiger partial charge < -0.3 is 19.3 Å². The minimum Gasteiger partial charge on any atom is -0.490 e. The van der Waals surface area contributed by atoms with Gasteiger partial charge in [-0.3, -0.25) is 4.79 Å². The Labute approximate surface area is 149 Å². The number of rotatable bonds is 0. The van der Waals surface area contributed by atoms with Crippen molar-refractivity contribution in [3.63, 3.8) is 0 Å². The molecule has 3 rings (SSSR count). The summed E-state index contributed by atoms with van der Waals surface area (Å²) in [5.41, 5.74) is 0.0263. The molecule has 2 heterocycles. The molecule has 6 nitrogen and oxygen atoms in total. The van der Waals surface area contributed by atoms with Crippen LogP contribution in [0.25, 0.3) is 0 Å². The van der Waals surface area contributed by atoms with Gasteiger partial charge >= 0.3 is 6.09 Å². The van der Waals surface area contributed by atoms with E-state index in [1.807, 2.05) is 26.8 Å². The highest BCUT2D eigenvalue weighted by Gasteiger charge is 2.37. The highest BCUT2D eigenvalue weighted by Crippen LogP contribution is 2.29. The Morgan fingerprint density at radius 2 is 2.08 bits per heavy atom. The summed E-state index contributed by atoms with van der Waals surface area (Å²) in [4.78, 5) is 28.5. The number of nitrogens with zero attached hydrogens (tertiary/aromatic N) is 2. The Bertz CT molecular complexity index is 671. The average molecular weight is 397 g/mol. The lowest BCUT2D eigenvalue weighted by atomic mass is 10.1. The summed E-state index contributed by atoms with van der Waals surface area (Å²) in [5.74, 6) is 0.524. The Kier molecular flexibility index (Phi) is 4.46. The molecule has 24 heavy (non-hydrogen) atoms. The van der Waals surface area contributed by atoms with Gasteiger partial charge in [-0.1, -0.05) is 15.9 Å². The van der Waals surface area contributed by atoms with Crippen molar-refractivity contribution in [2.45, 2.75) is 32.4 Å². The molecule has 0 N–H and O–H groups in total. The summed E-state index contributed by atoms with van der Waals surface area (Å²) < 4.78 is 12.1. The van der Waals surface area contributed by atoms with Crippen molar-refractivity contribution in [1.82, 2.24) is 9.80 Å². The van der Waals surface area contributed by atoms with Crippen molar-refractivity contribution in [3.05, 3.63) is 28.2 Å². The standard InChI is InChI=1S/C17H21BrN2O4/c1-17(2,3)24-16(22)19-6-7-20-12(9-19)10-23-14-8-11(18)4-5-13(14)15(20)21/h4-5,8,12H,6-7,9-10H2,1-3H3. The maximum absolute atomic E-state index is 12.8. The van der Waals surface area contributed by atoms with E-state index >= 15 is 0 Å². The molecule has 0 aromatic heterocycles. The predicted octanol–water partition coefficient (Wildman–Crippen LogP) is 2.90. The predicted molar refractivity (Wildman–Crippen MR) is 92.3 cm³/mol. The van der Waals surface area contributed by atoms with Crippen molar-refractivity contribution in [2.24, 2.45) is 0 Å². The zero-order valence-corrected chi connectivity index (χ0v) is 15.6. The van der Waals surface area contributed by atoms with Gasteiger partial charge in [0, 0.05) is 24.1 Å². The molecule has 2 amide bonds. The maximum atomic E-state index is 12.8. The molecule has 2 aliphatic heterocycles. The van der Waals surface area contributed by atoms with E-state index < -0.39 is 5.60 Å². The molecular weight excluding hydrogens is 376 g/mol. The number of halogens is 1. The molecule has 7 heteroatoms. The number of hydrogen-bond acceptors (Lipinski definition) is 4. The topological polar surface area (TPSA) is 59.1 Å². The molecule has 0 aliphatic carbocycles. The van der Waals surface area contributed by atoms with Gasteiger partial charge in [0.05, 0.1) is 11.6 Å². The Morgan fingerprint density at radius 1 is 1.33 bits per heavy atom. The lowest BCUT2D eigenvalue weighted by Gasteiger charge is -2.40. The van der Waals surface area contributed by atoms with Crippen molar-refractivity contribution in [2.75, 3.05) is 26.2 Å². The second-order valence-corrected chi connectivity index (χ2v) is 7.95. The van der Waals surface area contributed by atoms with E-state index in [9.17, 15) is 9.59 Å². The number of amides is 2. The SMILES string of the molecule is CC(C)(C)OC(=O)N1CCN2C(=O)c3ccc(Br)cc3OCC2C1. The lowest BCUT2D eigenvalue weighted by molar-refractivity contribution is 0.000951. The van der Waals surface area contributed by atoms with Crippen LogP contribution in [0.3, 0.4) is 0 Å². The Balaban J connectivity index is 1.76. The molecule has 0 bridgehead atoms. The number of fused-ring (bicyclic) bond motifs is 2.